The number of benzene rings is 1. The van der Waals surface area contributed by atoms with Crippen LogP contribution in [0.4, 0.5) is 0 Å². The highest BCUT2D eigenvalue weighted by molar-refractivity contribution is 5.81. The van der Waals surface area contributed by atoms with Crippen LogP contribution in [0.5, 0.6) is 0 Å². The summed E-state index contributed by atoms with van der Waals surface area (Å²) >= 11 is 0. The van der Waals surface area contributed by atoms with Crippen molar-refractivity contribution in [2.45, 2.75) is 13.3 Å². The summed E-state index contributed by atoms with van der Waals surface area (Å²) in [5.41, 5.74) is 2.08. The molecule has 4 heteroatoms. The standard InChI is InChI=1S/C11H10N2O2/c1-7(14)4-8-2-3-9-10(5-8)12-6-11(15)13-9/h2-3,5-6H,4H2,1H3,(H,13,15). The molecule has 0 bridgehead atoms. The lowest BCUT2D eigenvalue weighted by Crippen LogP contribution is -2.05. The zero-order valence-electron chi connectivity index (χ0n) is 8.28. The third-order valence-corrected chi connectivity index (χ3v) is 2.09. The second-order valence-electron chi connectivity index (χ2n) is 3.48. The van der Waals surface area contributed by atoms with Gasteiger partial charge in [0, 0.05) is 6.42 Å². The number of carbonyl (C=O) groups excluding carboxylic acids is 1. The predicted octanol–water partition coefficient (Wildman–Crippen LogP) is 1.05. The lowest BCUT2D eigenvalue weighted by Gasteiger charge is -2.00. The van der Waals surface area contributed by atoms with Gasteiger partial charge in [0.1, 0.15) is 5.78 Å². The number of carbonyl (C=O) groups is 1. The molecule has 1 N–H and O–H groups in total. The molecule has 0 aliphatic carbocycles. The average molecular weight is 202 g/mol. The van der Waals surface area contributed by atoms with Crippen molar-refractivity contribution in [3.05, 3.63) is 40.3 Å². The predicted molar refractivity (Wildman–Crippen MR) is 56.7 cm³/mol. The van der Waals surface area contributed by atoms with Crippen LogP contribution < -0.4 is 5.56 Å². The van der Waals surface area contributed by atoms with E-state index in [1.165, 1.54) is 6.20 Å². The SMILES string of the molecule is CC(=O)Cc1ccc2[nH]c(=O)cnc2c1. The van der Waals surface area contributed by atoms with E-state index in [4.69, 9.17) is 0 Å². The molecule has 1 heterocycles. The van der Waals surface area contributed by atoms with Crippen LogP contribution in [0.15, 0.2) is 29.2 Å². The molecular weight excluding hydrogens is 192 g/mol. The van der Waals surface area contributed by atoms with Crippen LogP contribution in [0, 0.1) is 0 Å². The molecule has 0 saturated heterocycles. The first-order valence-corrected chi connectivity index (χ1v) is 4.62. The fourth-order valence-corrected chi connectivity index (χ4v) is 1.48. The van der Waals surface area contributed by atoms with Gasteiger partial charge < -0.3 is 4.98 Å². The first-order valence-electron chi connectivity index (χ1n) is 4.62. The molecule has 15 heavy (non-hydrogen) atoms. The van der Waals surface area contributed by atoms with Gasteiger partial charge in [0.15, 0.2) is 0 Å². The number of aromatic nitrogens is 2. The molecule has 2 rings (SSSR count). The van der Waals surface area contributed by atoms with Crippen molar-refractivity contribution in [3.63, 3.8) is 0 Å². The zero-order valence-corrected chi connectivity index (χ0v) is 8.28. The van der Waals surface area contributed by atoms with Crippen LogP contribution in [0.3, 0.4) is 0 Å². The van der Waals surface area contributed by atoms with Crippen LogP contribution in [0.25, 0.3) is 11.0 Å². The summed E-state index contributed by atoms with van der Waals surface area (Å²) in [5.74, 6) is 0.110. The Kier molecular flexibility index (Phi) is 2.33. The molecule has 4 nitrogen and oxygen atoms in total. The van der Waals surface area contributed by atoms with Gasteiger partial charge in [-0.2, -0.15) is 0 Å². The zero-order chi connectivity index (χ0) is 10.8. The van der Waals surface area contributed by atoms with E-state index in [1.54, 1.807) is 13.0 Å². The van der Waals surface area contributed by atoms with Gasteiger partial charge >= 0.3 is 0 Å². The van der Waals surface area contributed by atoms with E-state index in [9.17, 15) is 9.59 Å². The fraction of sp³-hybridized carbons (Fsp3) is 0.182. The number of hydrogen-bond donors (Lipinski definition) is 1. The lowest BCUT2D eigenvalue weighted by molar-refractivity contribution is -0.116. The monoisotopic (exact) mass is 202 g/mol. The maximum Gasteiger partial charge on any atom is 0.266 e. The van der Waals surface area contributed by atoms with Gasteiger partial charge in [0.05, 0.1) is 17.2 Å². The van der Waals surface area contributed by atoms with E-state index in [0.717, 1.165) is 5.56 Å². The van der Waals surface area contributed by atoms with Crippen molar-refractivity contribution in [1.29, 1.82) is 0 Å². The summed E-state index contributed by atoms with van der Waals surface area (Å²) in [6.07, 6.45) is 1.64. The Morgan fingerprint density at radius 2 is 2.27 bits per heavy atom. The molecule has 0 radical (unpaired) electrons. The molecule has 0 amide bonds. The van der Waals surface area contributed by atoms with Crippen molar-refractivity contribution in [1.82, 2.24) is 9.97 Å². The van der Waals surface area contributed by atoms with E-state index >= 15 is 0 Å². The Bertz CT molecular complexity index is 572. The van der Waals surface area contributed by atoms with Crippen LogP contribution >= 0.6 is 0 Å². The van der Waals surface area contributed by atoms with Crippen molar-refractivity contribution in [2.75, 3.05) is 0 Å². The number of ketones is 1. The van der Waals surface area contributed by atoms with Gasteiger partial charge in [-0.1, -0.05) is 6.07 Å². The highest BCUT2D eigenvalue weighted by Gasteiger charge is 2.00. The maximum absolute atomic E-state index is 11.0. The van der Waals surface area contributed by atoms with E-state index < -0.39 is 0 Å². The Morgan fingerprint density at radius 1 is 1.47 bits per heavy atom. The van der Waals surface area contributed by atoms with Crippen molar-refractivity contribution >= 4 is 16.8 Å². The average Bonchev–Trinajstić information content (AvgIpc) is 2.17. The Labute approximate surface area is 86.0 Å². The van der Waals surface area contributed by atoms with E-state index in [0.29, 0.717) is 17.5 Å². The van der Waals surface area contributed by atoms with Gasteiger partial charge in [-0.15, -0.1) is 0 Å². The first kappa shape index (κ1) is 9.58. The lowest BCUT2D eigenvalue weighted by atomic mass is 10.1. The van der Waals surface area contributed by atoms with Gasteiger partial charge in [0.2, 0.25) is 0 Å². The summed E-state index contributed by atoms with van der Waals surface area (Å²) in [6.45, 7) is 1.55. The Hall–Kier alpha value is -1.97. The van der Waals surface area contributed by atoms with Crippen LogP contribution in [0.2, 0.25) is 0 Å². The molecule has 0 fully saturated rings. The summed E-state index contributed by atoms with van der Waals surface area (Å²) in [4.78, 5) is 28.6. The highest BCUT2D eigenvalue weighted by Crippen LogP contribution is 2.10. The topological polar surface area (TPSA) is 62.8 Å². The quantitative estimate of drug-likeness (QED) is 0.791. The number of rotatable bonds is 2. The minimum Gasteiger partial charge on any atom is -0.319 e. The van der Waals surface area contributed by atoms with Crippen LogP contribution in [-0.2, 0) is 11.2 Å². The molecule has 1 aromatic carbocycles. The van der Waals surface area contributed by atoms with E-state index in [-0.39, 0.29) is 11.3 Å². The molecule has 2 aromatic rings. The van der Waals surface area contributed by atoms with Crippen molar-refractivity contribution in [3.8, 4) is 0 Å². The second-order valence-corrected chi connectivity index (χ2v) is 3.48. The van der Waals surface area contributed by atoms with Gasteiger partial charge in [-0.25, -0.2) is 4.98 Å². The van der Waals surface area contributed by atoms with Gasteiger partial charge in [-0.05, 0) is 24.6 Å². The molecule has 0 aliphatic heterocycles. The van der Waals surface area contributed by atoms with Gasteiger partial charge in [0.25, 0.3) is 5.56 Å². The molecular formula is C11H10N2O2. The summed E-state index contributed by atoms with van der Waals surface area (Å²) in [6, 6.07) is 5.40. The molecule has 0 unspecified atom stereocenters. The Balaban J connectivity index is 2.52. The number of aromatic amines is 1. The minimum atomic E-state index is -0.221. The molecule has 76 valence electrons. The number of H-pyrrole nitrogens is 1. The first-order chi connectivity index (χ1) is 7.15. The van der Waals surface area contributed by atoms with E-state index in [1.807, 2.05) is 12.1 Å². The number of fused-ring (bicyclic) bond motifs is 1. The number of nitrogens with one attached hydrogen (secondary N) is 1. The summed E-state index contributed by atoms with van der Waals surface area (Å²) in [7, 11) is 0. The summed E-state index contributed by atoms with van der Waals surface area (Å²) in [5, 5.41) is 0. The molecule has 0 spiro atoms. The van der Waals surface area contributed by atoms with Crippen LogP contribution in [0.1, 0.15) is 12.5 Å². The molecule has 0 aliphatic rings. The fourth-order valence-electron chi connectivity index (χ4n) is 1.48. The minimum absolute atomic E-state index is 0.110. The van der Waals surface area contributed by atoms with Gasteiger partial charge in [-0.3, -0.25) is 9.59 Å². The number of hydrogen-bond acceptors (Lipinski definition) is 3. The third kappa shape index (κ3) is 2.10. The normalized spacial score (nSPS) is 10.5. The molecule has 0 saturated carbocycles. The summed E-state index contributed by atoms with van der Waals surface area (Å²) < 4.78 is 0. The number of nitrogens with zero attached hydrogens (tertiary/aromatic N) is 1. The molecule has 0 atom stereocenters. The Morgan fingerprint density at radius 3 is 3.00 bits per heavy atom. The largest absolute Gasteiger partial charge is 0.319 e. The van der Waals surface area contributed by atoms with Crippen molar-refractivity contribution < 1.29 is 4.79 Å². The number of Topliss-reactive ketones (excluding diaryl/α,β-unsaturated/α-hetero) is 1. The molecule has 1 aromatic heterocycles. The van der Waals surface area contributed by atoms with Crippen molar-refractivity contribution in [2.24, 2.45) is 0 Å². The van der Waals surface area contributed by atoms with Crippen LogP contribution in [-0.4, -0.2) is 15.8 Å². The highest BCUT2D eigenvalue weighted by atomic mass is 16.1. The smallest absolute Gasteiger partial charge is 0.266 e. The second kappa shape index (κ2) is 3.65. The third-order valence-electron chi connectivity index (χ3n) is 2.09. The maximum atomic E-state index is 11.0. The van der Waals surface area contributed by atoms with E-state index in [2.05, 4.69) is 9.97 Å².